The van der Waals surface area contributed by atoms with Gasteiger partial charge in [-0.1, -0.05) is 26.7 Å². The van der Waals surface area contributed by atoms with Crippen LogP contribution >= 0.6 is 0 Å². The third-order valence-corrected chi connectivity index (χ3v) is 3.53. The second kappa shape index (κ2) is 8.02. The number of nitrogens with one attached hydrogen (secondary N) is 1. The first kappa shape index (κ1) is 15.8. The maximum atomic E-state index is 12.0. The third kappa shape index (κ3) is 5.94. The van der Waals surface area contributed by atoms with E-state index in [1.54, 1.807) is 4.90 Å². The Morgan fingerprint density at radius 3 is 2.74 bits per heavy atom. The molecular formula is C14H26N2O3. The number of hydrogen-bond acceptors (Lipinski definition) is 2. The first-order chi connectivity index (χ1) is 9.00. The largest absolute Gasteiger partial charge is 0.481 e. The summed E-state index contributed by atoms with van der Waals surface area (Å²) in [5, 5.41) is 11.7. The lowest BCUT2D eigenvalue weighted by Gasteiger charge is -2.23. The number of unbranched alkanes of at least 4 members (excludes halogenated alkanes) is 1. The van der Waals surface area contributed by atoms with E-state index in [2.05, 4.69) is 19.2 Å². The highest BCUT2D eigenvalue weighted by Gasteiger charge is 2.29. The van der Waals surface area contributed by atoms with E-state index in [9.17, 15) is 9.59 Å². The molecule has 110 valence electrons. The van der Waals surface area contributed by atoms with Crippen molar-refractivity contribution >= 4 is 12.0 Å². The fourth-order valence-electron chi connectivity index (χ4n) is 2.49. The first-order valence-electron chi connectivity index (χ1n) is 7.27. The molecule has 0 spiro atoms. The predicted octanol–water partition coefficient (Wildman–Crippen LogP) is 2.46. The number of aliphatic carboxylic acids is 1. The Hall–Kier alpha value is -1.26. The zero-order chi connectivity index (χ0) is 14.3. The summed E-state index contributed by atoms with van der Waals surface area (Å²) in [5.74, 6) is -0.129. The highest BCUT2D eigenvalue weighted by Crippen LogP contribution is 2.20. The van der Waals surface area contributed by atoms with Crippen LogP contribution in [0.3, 0.4) is 0 Å². The number of urea groups is 1. The molecule has 0 aliphatic carbocycles. The summed E-state index contributed by atoms with van der Waals surface area (Å²) in [6, 6.07) is -0.235. The van der Waals surface area contributed by atoms with Crippen molar-refractivity contribution in [3.05, 3.63) is 0 Å². The van der Waals surface area contributed by atoms with Crippen molar-refractivity contribution in [3.8, 4) is 0 Å². The summed E-state index contributed by atoms with van der Waals surface area (Å²) in [7, 11) is 0. The SMILES string of the molecule is CC(C)CCCCNC(=O)N1CCCC1CC(=O)O. The summed E-state index contributed by atoms with van der Waals surface area (Å²) in [4.78, 5) is 24.4. The number of carboxylic acids is 1. The van der Waals surface area contributed by atoms with Gasteiger partial charge in [-0.15, -0.1) is 0 Å². The van der Waals surface area contributed by atoms with Crippen LogP contribution in [0.5, 0.6) is 0 Å². The summed E-state index contributed by atoms with van der Waals surface area (Å²) in [5.41, 5.74) is 0. The maximum absolute atomic E-state index is 12.0. The molecular weight excluding hydrogens is 244 g/mol. The molecule has 19 heavy (non-hydrogen) atoms. The van der Waals surface area contributed by atoms with Crippen molar-refractivity contribution in [3.63, 3.8) is 0 Å². The van der Waals surface area contributed by atoms with Gasteiger partial charge in [0.2, 0.25) is 0 Å². The molecule has 0 aromatic carbocycles. The molecule has 5 heteroatoms. The molecule has 1 aliphatic heterocycles. The molecule has 0 bridgehead atoms. The summed E-state index contributed by atoms with van der Waals surface area (Å²) >= 11 is 0. The van der Waals surface area contributed by atoms with Gasteiger partial charge in [-0.25, -0.2) is 4.79 Å². The van der Waals surface area contributed by atoms with Crippen LogP contribution < -0.4 is 5.32 Å². The standard InChI is InChI=1S/C14H26N2O3/c1-11(2)6-3-4-8-15-14(19)16-9-5-7-12(16)10-13(17)18/h11-12H,3-10H2,1-2H3,(H,15,19)(H,17,18). The number of likely N-dealkylation sites (tertiary alicyclic amines) is 1. The van der Waals surface area contributed by atoms with E-state index >= 15 is 0 Å². The second-order valence-electron chi connectivity index (χ2n) is 5.71. The Balaban J connectivity index is 2.22. The highest BCUT2D eigenvalue weighted by molar-refractivity contribution is 5.76. The van der Waals surface area contributed by atoms with Crippen molar-refractivity contribution < 1.29 is 14.7 Å². The number of hydrogen-bond donors (Lipinski definition) is 2. The maximum Gasteiger partial charge on any atom is 0.317 e. The van der Waals surface area contributed by atoms with E-state index in [-0.39, 0.29) is 18.5 Å². The summed E-state index contributed by atoms with van der Waals surface area (Å²) < 4.78 is 0. The molecule has 5 nitrogen and oxygen atoms in total. The predicted molar refractivity (Wildman–Crippen MR) is 74.1 cm³/mol. The van der Waals surface area contributed by atoms with Gasteiger partial charge in [-0.05, 0) is 25.2 Å². The van der Waals surface area contributed by atoms with Gasteiger partial charge >= 0.3 is 12.0 Å². The van der Waals surface area contributed by atoms with Crippen LogP contribution in [-0.4, -0.2) is 41.1 Å². The molecule has 1 atom stereocenters. The van der Waals surface area contributed by atoms with Crippen molar-refractivity contribution in [1.82, 2.24) is 10.2 Å². The van der Waals surface area contributed by atoms with Crippen LogP contribution in [0, 0.1) is 5.92 Å². The third-order valence-electron chi connectivity index (χ3n) is 3.53. The van der Waals surface area contributed by atoms with Gasteiger partial charge in [-0.3, -0.25) is 4.79 Å². The van der Waals surface area contributed by atoms with Crippen molar-refractivity contribution in [1.29, 1.82) is 0 Å². The molecule has 1 fully saturated rings. The van der Waals surface area contributed by atoms with Crippen LogP contribution in [0.2, 0.25) is 0 Å². The van der Waals surface area contributed by atoms with Crippen LogP contribution in [0.25, 0.3) is 0 Å². The van der Waals surface area contributed by atoms with Gasteiger partial charge in [0.15, 0.2) is 0 Å². The summed E-state index contributed by atoms with van der Waals surface area (Å²) in [6.07, 6.45) is 5.05. The number of carbonyl (C=O) groups excluding carboxylic acids is 1. The van der Waals surface area contributed by atoms with Gasteiger partial charge in [0.25, 0.3) is 0 Å². The van der Waals surface area contributed by atoms with E-state index < -0.39 is 5.97 Å². The van der Waals surface area contributed by atoms with Crippen molar-refractivity contribution in [2.75, 3.05) is 13.1 Å². The van der Waals surface area contributed by atoms with E-state index in [1.165, 1.54) is 6.42 Å². The topological polar surface area (TPSA) is 69.6 Å². The molecule has 2 N–H and O–H groups in total. The molecule has 0 aromatic rings. The van der Waals surface area contributed by atoms with Crippen LogP contribution in [0.4, 0.5) is 4.79 Å². The van der Waals surface area contributed by atoms with Gasteiger partial charge in [0.1, 0.15) is 0 Å². The molecule has 1 saturated heterocycles. The van der Waals surface area contributed by atoms with Gasteiger partial charge < -0.3 is 15.3 Å². The zero-order valence-corrected chi connectivity index (χ0v) is 12.0. The number of amides is 2. The minimum Gasteiger partial charge on any atom is -0.481 e. The van der Waals surface area contributed by atoms with Gasteiger partial charge in [0, 0.05) is 19.1 Å². The monoisotopic (exact) mass is 270 g/mol. The Morgan fingerprint density at radius 1 is 1.37 bits per heavy atom. The lowest BCUT2D eigenvalue weighted by molar-refractivity contribution is -0.137. The molecule has 0 saturated carbocycles. The number of nitrogens with zero attached hydrogens (tertiary/aromatic N) is 1. The Labute approximate surface area is 115 Å². The molecule has 0 radical (unpaired) electrons. The Kier molecular flexibility index (Phi) is 6.67. The zero-order valence-electron chi connectivity index (χ0n) is 12.0. The average Bonchev–Trinajstić information content (AvgIpc) is 2.75. The molecule has 1 heterocycles. The molecule has 2 amide bonds. The first-order valence-corrected chi connectivity index (χ1v) is 7.27. The lowest BCUT2D eigenvalue weighted by atomic mass is 10.1. The van der Waals surface area contributed by atoms with Gasteiger partial charge in [0.05, 0.1) is 6.42 Å². The normalized spacial score (nSPS) is 18.9. The fraction of sp³-hybridized carbons (Fsp3) is 0.857. The van der Waals surface area contributed by atoms with Gasteiger partial charge in [-0.2, -0.15) is 0 Å². The number of rotatable bonds is 7. The highest BCUT2D eigenvalue weighted by atomic mass is 16.4. The number of carbonyl (C=O) groups is 2. The van der Waals surface area contributed by atoms with E-state index in [4.69, 9.17) is 5.11 Å². The Bertz CT molecular complexity index is 305. The van der Waals surface area contributed by atoms with Crippen LogP contribution in [-0.2, 0) is 4.79 Å². The molecule has 0 aromatic heterocycles. The molecule has 1 unspecified atom stereocenters. The van der Waals surface area contributed by atoms with E-state index in [0.717, 1.165) is 25.7 Å². The van der Waals surface area contributed by atoms with Crippen molar-refractivity contribution in [2.45, 2.75) is 58.4 Å². The summed E-state index contributed by atoms with van der Waals surface area (Å²) in [6.45, 7) is 5.75. The molecule has 1 aliphatic rings. The van der Waals surface area contributed by atoms with E-state index in [1.807, 2.05) is 0 Å². The minimum atomic E-state index is -0.832. The second-order valence-corrected chi connectivity index (χ2v) is 5.71. The fourth-order valence-corrected chi connectivity index (χ4v) is 2.49. The quantitative estimate of drug-likeness (QED) is 0.698. The van der Waals surface area contributed by atoms with Crippen LogP contribution in [0.1, 0.15) is 52.4 Å². The average molecular weight is 270 g/mol. The van der Waals surface area contributed by atoms with E-state index in [0.29, 0.717) is 19.0 Å². The molecule has 1 rings (SSSR count). The number of carboxylic acid groups (broad SMARTS) is 1. The Morgan fingerprint density at radius 2 is 2.11 bits per heavy atom. The van der Waals surface area contributed by atoms with Crippen molar-refractivity contribution in [2.24, 2.45) is 5.92 Å². The van der Waals surface area contributed by atoms with Crippen LogP contribution in [0.15, 0.2) is 0 Å². The lowest BCUT2D eigenvalue weighted by Crippen LogP contribution is -2.43. The smallest absolute Gasteiger partial charge is 0.317 e. The minimum absolute atomic E-state index is 0.0563.